The van der Waals surface area contributed by atoms with Crippen molar-refractivity contribution in [3.8, 4) is 0 Å². The molecule has 4 heteroatoms. The Bertz CT molecular complexity index is 194. The number of nitrogens with zero attached hydrogens (tertiary/aromatic N) is 3. The fourth-order valence-electron chi connectivity index (χ4n) is 2.16. The molecule has 14 heavy (non-hydrogen) atoms. The Morgan fingerprint density at radius 3 is 2.50 bits per heavy atom. The summed E-state index contributed by atoms with van der Waals surface area (Å²) < 4.78 is 0. The van der Waals surface area contributed by atoms with Crippen LogP contribution in [0.1, 0.15) is 44.9 Å². The Morgan fingerprint density at radius 2 is 1.93 bits per heavy atom. The quantitative estimate of drug-likeness (QED) is 0.280. The summed E-state index contributed by atoms with van der Waals surface area (Å²) in [4.78, 5) is 2.84. The van der Waals surface area contributed by atoms with Crippen molar-refractivity contribution < 1.29 is 5.11 Å². The van der Waals surface area contributed by atoms with E-state index in [2.05, 4.69) is 10.0 Å². The van der Waals surface area contributed by atoms with Gasteiger partial charge in [0.05, 0.1) is 6.61 Å². The highest BCUT2D eigenvalue weighted by Crippen LogP contribution is 2.29. The van der Waals surface area contributed by atoms with Gasteiger partial charge in [0.2, 0.25) is 0 Å². The molecule has 79 valence electrons. The average Bonchev–Trinajstić information content (AvgIpc) is 2.21. The minimum absolute atomic E-state index is 0.0636. The second-order valence-corrected chi connectivity index (χ2v) is 4.08. The zero-order valence-electron chi connectivity index (χ0n) is 8.56. The molecule has 1 rings (SSSR count). The number of hydrogen-bond donors (Lipinski definition) is 0. The van der Waals surface area contributed by atoms with Crippen molar-refractivity contribution >= 4 is 0 Å². The highest BCUT2D eigenvalue weighted by molar-refractivity contribution is 4.77. The number of azide groups is 1. The van der Waals surface area contributed by atoms with Crippen molar-refractivity contribution in [2.24, 2.45) is 11.0 Å². The van der Waals surface area contributed by atoms with E-state index in [-0.39, 0.29) is 12.6 Å². The lowest BCUT2D eigenvalue weighted by atomic mass is 9.83. The second kappa shape index (κ2) is 6.68. The normalized spacial score (nSPS) is 26.9. The van der Waals surface area contributed by atoms with E-state index in [0.717, 1.165) is 31.6 Å². The Balaban J connectivity index is 2.12. The van der Waals surface area contributed by atoms with Crippen molar-refractivity contribution in [3.63, 3.8) is 0 Å². The molecular weight excluding hydrogens is 178 g/mol. The summed E-state index contributed by atoms with van der Waals surface area (Å²) in [5.74, 6) is 0.770. The molecule has 1 aliphatic carbocycles. The molecule has 0 amide bonds. The first-order valence-corrected chi connectivity index (χ1v) is 5.49. The molecule has 4 nitrogen and oxygen atoms in total. The monoisotopic (exact) mass is 196 g/mol. The minimum atomic E-state index is 0.0636. The first-order valence-electron chi connectivity index (χ1n) is 5.49. The van der Waals surface area contributed by atoms with Gasteiger partial charge in [0.1, 0.15) is 0 Å². The van der Waals surface area contributed by atoms with E-state index in [0.29, 0.717) is 0 Å². The van der Waals surface area contributed by atoms with Crippen LogP contribution in [0.4, 0.5) is 0 Å². The van der Waals surface area contributed by atoms with Crippen LogP contribution in [0.25, 0.3) is 10.4 Å². The average molecular weight is 196 g/mol. The number of rotatable bonds is 5. The second-order valence-electron chi connectivity index (χ2n) is 4.08. The van der Waals surface area contributed by atoms with E-state index in [9.17, 15) is 5.11 Å². The lowest BCUT2D eigenvalue weighted by Gasteiger charge is -2.25. The molecule has 1 saturated carbocycles. The van der Waals surface area contributed by atoms with Gasteiger partial charge in [0.25, 0.3) is 0 Å². The molecule has 0 bridgehead atoms. The van der Waals surface area contributed by atoms with E-state index in [4.69, 9.17) is 5.53 Å². The molecule has 0 heterocycles. The predicted molar refractivity (Wildman–Crippen MR) is 54.3 cm³/mol. The summed E-state index contributed by atoms with van der Waals surface area (Å²) in [6.45, 7) is 0.0636. The lowest BCUT2D eigenvalue weighted by Crippen LogP contribution is -2.16. The van der Waals surface area contributed by atoms with Gasteiger partial charge in [0.15, 0.2) is 0 Å². The molecule has 1 fully saturated rings. The molecule has 0 spiro atoms. The minimum Gasteiger partial charge on any atom is -0.237 e. The Hall–Kier alpha value is -0.730. The Morgan fingerprint density at radius 1 is 1.21 bits per heavy atom. The maximum absolute atomic E-state index is 10.3. The van der Waals surface area contributed by atoms with Gasteiger partial charge < -0.3 is 0 Å². The van der Waals surface area contributed by atoms with Gasteiger partial charge in [-0.2, -0.15) is 0 Å². The molecule has 0 aliphatic heterocycles. The predicted octanol–water partition coefficient (Wildman–Crippen LogP) is 3.46. The van der Waals surface area contributed by atoms with Crippen LogP contribution in [-0.2, 0) is 5.11 Å². The van der Waals surface area contributed by atoms with Crippen molar-refractivity contribution in [1.29, 1.82) is 0 Å². The third-order valence-electron chi connectivity index (χ3n) is 3.04. The summed E-state index contributed by atoms with van der Waals surface area (Å²) in [7, 11) is 0. The molecule has 1 radical (unpaired) electrons. The van der Waals surface area contributed by atoms with Crippen molar-refractivity contribution in [2.45, 2.75) is 51.0 Å². The van der Waals surface area contributed by atoms with Crippen LogP contribution < -0.4 is 0 Å². The van der Waals surface area contributed by atoms with Gasteiger partial charge in [-0.15, -0.1) is 0 Å². The molecular formula is C10H18N3O. The number of hydrogen-bond acceptors (Lipinski definition) is 1. The van der Waals surface area contributed by atoms with Gasteiger partial charge >= 0.3 is 0 Å². The topological polar surface area (TPSA) is 68.7 Å². The van der Waals surface area contributed by atoms with Crippen LogP contribution in [0.5, 0.6) is 0 Å². The molecule has 1 aliphatic rings. The molecule has 0 atom stereocenters. The zero-order chi connectivity index (χ0) is 10.2. The van der Waals surface area contributed by atoms with E-state index in [1.54, 1.807) is 0 Å². The first kappa shape index (κ1) is 11.3. The summed E-state index contributed by atoms with van der Waals surface area (Å²) in [5, 5.41) is 14.0. The maximum atomic E-state index is 10.3. The molecule has 0 aromatic rings. The third-order valence-corrected chi connectivity index (χ3v) is 3.04. The van der Waals surface area contributed by atoms with Crippen molar-refractivity contribution in [1.82, 2.24) is 0 Å². The van der Waals surface area contributed by atoms with Crippen LogP contribution in [0.3, 0.4) is 0 Å². The molecule has 0 saturated heterocycles. The first-order chi connectivity index (χ1) is 6.86. The number of unbranched alkanes of at least 4 members (excludes halogenated alkanes) is 1. The van der Waals surface area contributed by atoms with Crippen molar-refractivity contribution in [3.05, 3.63) is 10.4 Å². The molecule has 0 unspecified atom stereocenters. The lowest BCUT2D eigenvalue weighted by molar-refractivity contribution is 0.181. The summed E-state index contributed by atoms with van der Waals surface area (Å²) >= 11 is 0. The standard InChI is InChI=1S/C10H18N3O/c11-13-12-10-6-4-9(5-7-10)3-1-2-8-14/h9-10H,1-8H2. The maximum Gasteiger partial charge on any atom is 0.0822 e. The van der Waals surface area contributed by atoms with Crippen LogP contribution >= 0.6 is 0 Å². The molecule has 0 N–H and O–H groups in total. The van der Waals surface area contributed by atoms with Crippen LogP contribution in [0.2, 0.25) is 0 Å². The van der Waals surface area contributed by atoms with Crippen molar-refractivity contribution in [2.75, 3.05) is 6.61 Å². The molecule has 0 aromatic carbocycles. The van der Waals surface area contributed by atoms with Gasteiger partial charge in [-0.3, -0.25) is 0 Å². The Labute approximate surface area is 84.9 Å². The van der Waals surface area contributed by atoms with Gasteiger partial charge in [-0.1, -0.05) is 30.8 Å². The SMILES string of the molecule is [N-]=[N+]=NC1CCC(CCCC[O])CC1. The largest absolute Gasteiger partial charge is 0.237 e. The smallest absolute Gasteiger partial charge is 0.0822 e. The van der Waals surface area contributed by atoms with E-state index in [1.165, 1.54) is 19.3 Å². The highest BCUT2D eigenvalue weighted by atomic mass is 16.2. The van der Waals surface area contributed by atoms with Crippen LogP contribution in [-0.4, -0.2) is 12.6 Å². The van der Waals surface area contributed by atoms with E-state index >= 15 is 0 Å². The van der Waals surface area contributed by atoms with Crippen LogP contribution in [0, 0.1) is 5.92 Å². The van der Waals surface area contributed by atoms with E-state index < -0.39 is 0 Å². The summed E-state index contributed by atoms with van der Waals surface area (Å²) in [6, 6.07) is 0.232. The zero-order valence-corrected chi connectivity index (χ0v) is 8.56. The summed E-state index contributed by atoms with van der Waals surface area (Å²) in [5.41, 5.74) is 8.28. The molecule has 0 aromatic heterocycles. The summed E-state index contributed by atoms with van der Waals surface area (Å²) in [6.07, 6.45) is 7.48. The van der Waals surface area contributed by atoms with Gasteiger partial charge in [-0.25, -0.2) is 5.11 Å². The van der Waals surface area contributed by atoms with Gasteiger partial charge in [0, 0.05) is 11.0 Å². The fourth-order valence-corrected chi connectivity index (χ4v) is 2.16. The van der Waals surface area contributed by atoms with E-state index in [1.807, 2.05) is 0 Å². The fraction of sp³-hybridized carbons (Fsp3) is 1.00. The third kappa shape index (κ3) is 3.99. The van der Waals surface area contributed by atoms with Gasteiger partial charge in [-0.05, 0) is 30.7 Å². The van der Waals surface area contributed by atoms with Crippen LogP contribution in [0.15, 0.2) is 5.11 Å². The Kier molecular flexibility index (Phi) is 5.42. The highest BCUT2D eigenvalue weighted by Gasteiger charge is 2.19.